The minimum absolute atomic E-state index is 0.0296. The molecule has 0 saturated carbocycles. The van der Waals surface area contributed by atoms with Crippen LogP contribution in [0.2, 0.25) is 0 Å². The summed E-state index contributed by atoms with van der Waals surface area (Å²) >= 11 is 0. The van der Waals surface area contributed by atoms with E-state index in [2.05, 4.69) is 5.32 Å². The molecule has 0 radical (unpaired) electrons. The van der Waals surface area contributed by atoms with Gasteiger partial charge < -0.3 is 20.1 Å². The lowest BCUT2D eigenvalue weighted by molar-refractivity contribution is -0.149. The van der Waals surface area contributed by atoms with Crippen LogP contribution in [0, 0.1) is 0 Å². The van der Waals surface area contributed by atoms with Gasteiger partial charge in [-0.2, -0.15) is 0 Å². The number of likely N-dealkylation sites (N-methyl/N-ethyl adjacent to an activating group) is 1. The van der Waals surface area contributed by atoms with E-state index in [1.54, 1.807) is 0 Å². The van der Waals surface area contributed by atoms with Gasteiger partial charge in [0.1, 0.15) is 13.1 Å². The van der Waals surface area contributed by atoms with Crippen LogP contribution in [0.3, 0.4) is 0 Å². The number of carboxylic acids is 1. The van der Waals surface area contributed by atoms with Crippen LogP contribution in [0.4, 0.5) is 4.79 Å². The zero-order valence-corrected chi connectivity index (χ0v) is 11.6. The summed E-state index contributed by atoms with van der Waals surface area (Å²) in [6.45, 7) is -0.204. The van der Waals surface area contributed by atoms with E-state index in [1.807, 2.05) is 0 Å². The Morgan fingerprint density at radius 3 is 2.62 bits per heavy atom. The van der Waals surface area contributed by atoms with Crippen LogP contribution in [-0.4, -0.2) is 77.6 Å². The van der Waals surface area contributed by atoms with Crippen molar-refractivity contribution in [2.24, 2.45) is 0 Å². The van der Waals surface area contributed by atoms with Gasteiger partial charge in [-0.25, -0.2) is 9.59 Å². The Bertz CT molecular complexity index is 480. The van der Waals surface area contributed by atoms with Crippen molar-refractivity contribution in [3.63, 3.8) is 0 Å². The summed E-state index contributed by atoms with van der Waals surface area (Å²) in [6, 6.07) is -0.502. The Morgan fingerprint density at radius 1 is 1.38 bits per heavy atom. The molecule has 9 heteroatoms. The van der Waals surface area contributed by atoms with Crippen LogP contribution in [0.25, 0.3) is 0 Å². The number of carboxylic acid groups (broad SMARTS) is 1. The number of nitrogens with one attached hydrogen (secondary N) is 1. The first kappa shape index (κ1) is 15.2. The summed E-state index contributed by atoms with van der Waals surface area (Å²) in [5, 5.41) is 11.3. The molecule has 4 amide bonds. The molecule has 2 heterocycles. The third-order valence-electron chi connectivity index (χ3n) is 3.44. The molecule has 2 fully saturated rings. The van der Waals surface area contributed by atoms with E-state index >= 15 is 0 Å². The van der Waals surface area contributed by atoms with Crippen LogP contribution >= 0.6 is 0 Å². The molecule has 2 unspecified atom stereocenters. The highest BCUT2D eigenvalue weighted by Crippen LogP contribution is 2.19. The van der Waals surface area contributed by atoms with E-state index in [0.717, 1.165) is 4.90 Å². The molecule has 0 spiro atoms. The first-order valence-electron chi connectivity index (χ1n) is 6.59. The van der Waals surface area contributed by atoms with Gasteiger partial charge in [-0.15, -0.1) is 0 Å². The van der Waals surface area contributed by atoms with Gasteiger partial charge in [0.05, 0.1) is 6.10 Å². The number of hydrogen-bond acceptors (Lipinski definition) is 5. The molecule has 2 N–H and O–H groups in total. The van der Waals surface area contributed by atoms with Crippen LogP contribution in [0.15, 0.2) is 0 Å². The first-order chi connectivity index (χ1) is 9.88. The number of carbonyl (C=O) groups excluding carboxylic acids is 3. The number of hydrogen-bond donors (Lipinski definition) is 2. The van der Waals surface area contributed by atoms with Crippen molar-refractivity contribution in [3.05, 3.63) is 0 Å². The fourth-order valence-corrected chi connectivity index (χ4v) is 2.29. The monoisotopic (exact) mass is 299 g/mol. The first-order valence-corrected chi connectivity index (χ1v) is 6.59. The SMILES string of the molecule is CN1CC(=O)N(CC(=O)NCC2CCC(C(=O)O)O2)C1=O. The molecule has 0 bridgehead atoms. The molecule has 2 aliphatic heterocycles. The maximum atomic E-state index is 11.7. The molecule has 0 aromatic carbocycles. The van der Waals surface area contributed by atoms with Crippen molar-refractivity contribution < 1.29 is 29.0 Å². The van der Waals surface area contributed by atoms with Gasteiger partial charge in [0.25, 0.3) is 5.91 Å². The van der Waals surface area contributed by atoms with E-state index in [-0.39, 0.29) is 25.7 Å². The molecule has 0 aromatic heterocycles. The fraction of sp³-hybridized carbons (Fsp3) is 0.667. The number of carbonyl (C=O) groups is 4. The molecule has 21 heavy (non-hydrogen) atoms. The smallest absolute Gasteiger partial charge is 0.332 e. The number of imide groups is 1. The highest BCUT2D eigenvalue weighted by atomic mass is 16.5. The Morgan fingerprint density at radius 2 is 2.10 bits per heavy atom. The number of ether oxygens (including phenoxy) is 1. The predicted molar refractivity (Wildman–Crippen MR) is 68.3 cm³/mol. The summed E-state index contributed by atoms with van der Waals surface area (Å²) in [5.41, 5.74) is 0. The van der Waals surface area contributed by atoms with Crippen molar-refractivity contribution in [3.8, 4) is 0 Å². The van der Waals surface area contributed by atoms with Crippen molar-refractivity contribution in [2.75, 3.05) is 26.7 Å². The Labute approximate surface area is 120 Å². The minimum atomic E-state index is -1.01. The number of urea groups is 1. The molecule has 2 aliphatic rings. The van der Waals surface area contributed by atoms with Crippen molar-refractivity contribution in [1.29, 1.82) is 0 Å². The molecule has 2 rings (SSSR count). The maximum Gasteiger partial charge on any atom is 0.332 e. The van der Waals surface area contributed by atoms with Gasteiger partial charge in [-0.3, -0.25) is 14.5 Å². The summed E-state index contributed by atoms with van der Waals surface area (Å²) in [6.07, 6.45) is -0.240. The Kier molecular flexibility index (Phi) is 4.41. The molecule has 0 aliphatic carbocycles. The largest absolute Gasteiger partial charge is 0.479 e. The topological polar surface area (TPSA) is 116 Å². The van der Waals surface area contributed by atoms with E-state index < -0.39 is 29.9 Å². The lowest BCUT2D eigenvalue weighted by Gasteiger charge is -2.15. The summed E-state index contributed by atoms with van der Waals surface area (Å²) in [7, 11) is 1.48. The predicted octanol–water partition coefficient (Wildman–Crippen LogP) is -1.37. The summed E-state index contributed by atoms with van der Waals surface area (Å²) < 4.78 is 5.23. The standard InChI is InChI=1S/C12H17N3O6/c1-14-6-10(17)15(12(14)20)5-9(16)13-4-7-2-3-8(21-7)11(18)19/h7-8H,2-6H2,1H3,(H,13,16)(H,18,19). The van der Waals surface area contributed by atoms with Crippen LogP contribution in [-0.2, 0) is 19.1 Å². The van der Waals surface area contributed by atoms with E-state index in [4.69, 9.17) is 9.84 Å². The van der Waals surface area contributed by atoms with E-state index in [0.29, 0.717) is 12.8 Å². The molecular formula is C12H17N3O6. The third-order valence-corrected chi connectivity index (χ3v) is 3.44. The van der Waals surface area contributed by atoms with Gasteiger partial charge in [0.15, 0.2) is 6.10 Å². The van der Waals surface area contributed by atoms with Gasteiger partial charge >= 0.3 is 12.0 Å². The lowest BCUT2D eigenvalue weighted by Crippen LogP contribution is -2.43. The zero-order valence-electron chi connectivity index (χ0n) is 11.6. The van der Waals surface area contributed by atoms with Crippen LogP contribution < -0.4 is 5.32 Å². The molecule has 9 nitrogen and oxygen atoms in total. The second-order valence-corrected chi connectivity index (χ2v) is 5.08. The number of rotatable bonds is 5. The normalized spacial score (nSPS) is 25.6. The Balaban J connectivity index is 1.75. The molecular weight excluding hydrogens is 282 g/mol. The van der Waals surface area contributed by atoms with Crippen LogP contribution in [0.1, 0.15) is 12.8 Å². The second kappa shape index (κ2) is 6.08. The molecule has 0 aromatic rings. The van der Waals surface area contributed by atoms with Crippen molar-refractivity contribution in [2.45, 2.75) is 25.0 Å². The van der Waals surface area contributed by atoms with Gasteiger partial charge in [0.2, 0.25) is 5.91 Å². The van der Waals surface area contributed by atoms with Crippen molar-refractivity contribution >= 4 is 23.8 Å². The molecule has 2 saturated heterocycles. The fourth-order valence-electron chi connectivity index (χ4n) is 2.29. The number of aliphatic carboxylic acids is 1. The van der Waals surface area contributed by atoms with Gasteiger partial charge in [-0.1, -0.05) is 0 Å². The van der Waals surface area contributed by atoms with E-state index in [1.165, 1.54) is 11.9 Å². The van der Waals surface area contributed by atoms with E-state index in [9.17, 15) is 19.2 Å². The average molecular weight is 299 g/mol. The average Bonchev–Trinajstić information content (AvgIpc) is 2.98. The second-order valence-electron chi connectivity index (χ2n) is 5.08. The highest BCUT2D eigenvalue weighted by Gasteiger charge is 2.35. The molecule has 2 atom stereocenters. The minimum Gasteiger partial charge on any atom is -0.479 e. The number of amides is 4. The lowest BCUT2D eigenvalue weighted by atomic mass is 10.2. The number of nitrogens with zero attached hydrogens (tertiary/aromatic N) is 2. The van der Waals surface area contributed by atoms with Gasteiger partial charge in [-0.05, 0) is 12.8 Å². The zero-order chi connectivity index (χ0) is 15.6. The summed E-state index contributed by atoms with van der Waals surface area (Å²) in [5.74, 6) is -1.91. The molecule has 116 valence electrons. The van der Waals surface area contributed by atoms with Crippen molar-refractivity contribution in [1.82, 2.24) is 15.1 Å². The van der Waals surface area contributed by atoms with Crippen LogP contribution in [0.5, 0.6) is 0 Å². The quantitative estimate of drug-likeness (QED) is 0.605. The van der Waals surface area contributed by atoms with Gasteiger partial charge in [0, 0.05) is 13.6 Å². The Hall–Kier alpha value is -2.16. The maximum absolute atomic E-state index is 11.7. The summed E-state index contributed by atoms with van der Waals surface area (Å²) in [4.78, 5) is 47.6. The highest BCUT2D eigenvalue weighted by molar-refractivity contribution is 6.04. The third kappa shape index (κ3) is 3.48.